The molecule has 0 bridgehead atoms. The second kappa shape index (κ2) is 11.5. The molecule has 4 rings (SSSR count). The molecule has 1 atom stereocenters. The van der Waals surface area contributed by atoms with Crippen molar-refractivity contribution in [2.75, 3.05) is 46.5 Å². The number of rotatable bonds is 8. The summed E-state index contributed by atoms with van der Waals surface area (Å²) >= 11 is 6.48. The molecule has 2 fully saturated rings. The maximum Gasteiger partial charge on any atom is 0.119 e. The SMILES string of the molecule is CCOc1ccc(Cl)c(CC2CCN(CC3CCN(Cc4ccccc4)CN3C)CC2)c1. The summed E-state index contributed by atoms with van der Waals surface area (Å²) in [5, 5.41) is 0.875. The maximum absolute atomic E-state index is 6.48. The molecule has 174 valence electrons. The lowest BCUT2D eigenvalue weighted by Crippen LogP contribution is -2.53. The van der Waals surface area contributed by atoms with Gasteiger partial charge in [-0.05, 0) is 88.0 Å². The van der Waals surface area contributed by atoms with Crippen molar-refractivity contribution in [3.63, 3.8) is 0 Å². The first-order valence-electron chi connectivity index (χ1n) is 12.2. The lowest BCUT2D eigenvalue weighted by molar-refractivity contribution is 0.0302. The molecule has 2 aliphatic rings. The Bertz CT molecular complexity index is 838. The van der Waals surface area contributed by atoms with Gasteiger partial charge in [-0.2, -0.15) is 0 Å². The van der Waals surface area contributed by atoms with Crippen LogP contribution in [0, 0.1) is 5.92 Å². The summed E-state index contributed by atoms with van der Waals surface area (Å²) in [5.74, 6) is 1.65. The van der Waals surface area contributed by atoms with E-state index in [0.717, 1.165) is 30.4 Å². The quantitative estimate of drug-likeness (QED) is 0.547. The summed E-state index contributed by atoms with van der Waals surface area (Å²) < 4.78 is 5.67. The Hall–Kier alpha value is -1.59. The zero-order valence-corrected chi connectivity index (χ0v) is 20.4. The van der Waals surface area contributed by atoms with E-state index >= 15 is 0 Å². The lowest BCUT2D eigenvalue weighted by Gasteiger charge is -2.43. The average molecular weight is 456 g/mol. The van der Waals surface area contributed by atoms with Gasteiger partial charge in [0.2, 0.25) is 0 Å². The Morgan fingerprint density at radius 2 is 1.72 bits per heavy atom. The van der Waals surface area contributed by atoms with E-state index in [9.17, 15) is 0 Å². The van der Waals surface area contributed by atoms with E-state index in [0.29, 0.717) is 18.6 Å². The van der Waals surface area contributed by atoms with E-state index in [4.69, 9.17) is 16.3 Å². The molecule has 5 heteroatoms. The van der Waals surface area contributed by atoms with Gasteiger partial charge < -0.3 is 9.64 Å². The van der Waals surface area contributed by atoms with Crippen molar-refractivity contribution in [3.8, 4) is 5.75 Å². The first kappa shape index (κ1) is 23.6. The highest BCUT2D eigenvalue weighted by atomic mass is 35.5. The van der Waals surface area contributed by atoms with E-state index < -0.39 is 0 Å². The molecular formula is C27H38ClN3O. The van der Waals surface area contributed by atoms with Gasteiger partial charge in [-0.1, -0.05) is 41.9 Å². The van der Waals surface area contributed by atoms with Crippen molar-refractivity contribution in [1.29, 1.82) is 0 Å². The lowest BCUT2D eigenvalue weighted by atomic mass is 9.89. The van der Waals surface area contributed by atoms with Gasteiger partial charge in [0, 0.05) is 30.7 Å². The highest BCUT2D eigenvalue weighted by Gasteiger charge is 2.28. The molecule has 2 aromatic rings. The Morgan fingerprint density at radius 3 is 2.44 bits per heavy atom. The van der Waals surface area contributed by atoms with E-state index in [-0.39, 0.29) is 0 Å². The number of ether oxygens (including phenoxy) is 1. The molecule has 0 N–H and O–H groups in total. The fourth-order valence-corrected chi connectivity index (χ4v) is 5.40. The Labute approximate surface area is 199 Å². The Kier molecular flexibility index (Phi) is 8.48. The molecule has 4 nitrogen and oxygen atoms in total. The van der Waals surface area contributed by atoms with Gasteiger partial charge in [-0.25, -0.2) is 0 Å². The molecule has 0 saturated carbocycles. The van der Waals surface area contributed by atoms with Gasteiger partial charge in [-0.15, -0.1) is 0 Å². The summed E-state index contributed by atoms with van der Waals surface area (Å²) in [7, 11) is 2.29. The average Bonchev–Trinajstić information content (AvgIpc) is 2.80. The summed E-state index contributed by atoms with van der Waals surface area (Å²) in [6.07, 6.45) is 4.83. The zero-order chi connectivity index (χ0) is 22.3. The largest absolute Gasteiger partial charge is 0.494 e. The second-order valence-corrected chi connectivity index (χ2v) is 9.92. The number of piperidine rings is 1. The molecule has 0 aliphatic carbocycles. The Balaban J connectivity index is 1.21. The highest BCUT2D eigenvalue weighted by Crippen LogP contribution is 2.29. The smallest absolute Gasteiger partial charge is 0.119 e. The van der Waals surface area contributed by atoms with Crippen LogP contribution in [0.3, 0.4) is 0 Å². The minimum absolute atomic E-state index is 0.663. The van der Waals surface area contributed by atoms with Crippen LogP contribution in [0.25, 0.3) is 0 Å². The first-order valence-corrected chi connectivity index (χ1v) is 12.6. The number of nitrogens with zero attached hydrogens (tertiary/aromatic N) is 3. The summed E-state index contributed by atoms with van der Waals surface area (Å²) in [6.45, 7) is 9.61. The third kappa shape index (κ3) is 6.48. The highest BCUT2D eigenvalue weighted by molar-refractivity contribution is 6.31. The molecule has 0 radical (unpaired) electrons. The molecule has 1 unspecified atom stereocenters. The van der Waals surface area contributed by atoms with Crippen LogP contribution in [0.1, 0.15) is 37.3 Å². The normalized spacial score (nSPS) is 21.7. The molecule has 2 aliphatic heterocycles. The van der Waals surface area contributed by atoms with Gasteiger partial charge in [0.1, 0.15) is 5.75 Å². The molecule has 0 aromatic heterocycles. The van der Waals surface area contributed by atoms with E-state index in [1.165, 1.54) is 56.6 Å². The Morgan fingerprint density at radius 1 is 0.969 bits per heavy atom. The van der Waals surface area contributed by atoms with Gasteiger partial charge in [-0.3, -0.25) is 9.80 Å². The summed E-state index contributed by atoms with van der Waals surface area (Å²) in [6, 6.07) is 17.6. The van der Waals surface area contributed by atoms with E-state index in [2.05, 4.69) is 58.1 Å². The van der Waals surface area contributed by atoms with Crippen molar-refractivity contribution in [2.24, 2.45) is 5.92 Å². The maximum atomic E-state index is 6.48. The molecular weight excluding hydrogens is 418 g/mol. The van der Waals surface area contributed by atoms with Crippen LogP contribution in [-0.4, -0.2) is 67.2 Å². The number of hydrogen-bond donors (Lipinski definition) is 0. The fraction of sp³-hybridized carbons (Fsp3) is 0.556. The van der Waals surface area contributed by atoms with Crippen LogP contribution >= 0.6 is 11.6 Å². The van der Waals surface area contributed by atoms with E-state index in [1.54, 1.807) is 0 Å². The van der Waals surface area contributed by atoms with Crippen LogP contribution < -0.4 is 4.74 Å². The van der Waals surface area contributed by atoms with Gasteiger partial charge >= 0.3 is 0 Å². The van der Waals surface area contributed by atoms with E-state index in [1.807, 2.05) is 19.1 Å². The van der Waals surface area contributed by atoms with Crippen molar-refractivity contribution in [3.05, 3.63) is 64.7 Å². The van der Waals surface area contributed by atoms with Gasteiger partial charge in [0.05, 0.1) is 13.3 Å². The zero-order valence-electron chi connectivity index (χ0n) is 19.7. The summed E-state index contributed by atoms with van der Waals surface area (Å²) in [4.78, 5) is 7.80. The van der Waals surface area contributed by atoms with Crippen LogP contribution in [0.15, 0.2) is 48.5 Å². The first-order chi connectivity index (χ1) is 15.6. The third-order valence-corrected chi connectivity index (χ3v) is 7.46. The van der Waals surface area contributed by atoms with Gasteiger partial charge in [0.15, 0.2) is 0 Å². The minimum atomic E-state index is 0.663. The van der Waals surface area contributed by atoms with Crippen molar-refractivity contribution < 1.29 is 4.74 Å². The summed E-state index contributed by atoms with van der Waals surface area (Å²) in [5.41, 5.74) is 2.65. The van der Waals surface area contributed by atoms with Crippen molar-refractivity contribution >= 4 is 11.6 Å². The molecule has 2 aromatic carbocycles. The monoisotopic (exact) mass is 455 g/mol. The predicted octanol–water partition coefficient (Wildman–Crippen LogP) is 5.16. The second-order valence-electron chi connectivity index (χ2n) is 9.51. The predicted molar refractivity (Wildman–Crippen MR) is 133 cm³/mol. The molecule has 2 saturated heterocycles. The number of likely N-dealkylation sites (N-methyl/N-ethyl adjacent to an activating group) is 1. The third-order valence-electron chi connectivity index (χ3n) is 7.09. The fourth-order valence-electron chi connectivity index (χ4n) is 5.20. The number of likely N-dealkylation sites (tertiary alicyclic amines) is 1. The molecule has 0 amide bonds. The van der Waals surface area contributed by atoms with Crippen LogP contribution in [-0.2, 0) is 13.0 Å². The molecule has 2 heterocycles. The topological polar surface area (TPSA) is 19.0 Å². The molecule has 0 spiro atoms. The standard InChI is InChI=1S/C27H38ClN3O/c1-3-32-26-9-10-27(28)24(18-26)17-22-11-14-30(15-12-22)20-25-13-16-31(21-29(25)2)19-23-7-5-4-6-8-23/h4-10,18,22,25H,3,11-17,19-21H2,1-2H3. The number of hydrogen-bond acceptors (Lipinski definition) is 4. The van der Waals surface area contributed by atoms with Gasteiger partial charge in [0.25, 0.3) is 0 Å². The number of halogens is 1. The minimum Gasteiger partial charge on any atom is -0.494 e. The van der Waals surface area contributed by atoms with Crippen LogP contribution in [0.5, 0.6) is 5.75 Å². The molecule has 32 heavy (non-hydrogen) atoms. The van der Waals surface area contributed by atoms with Crippen LogP contribution in [0.4, 0.5) is 0 Å². The van der Waals surface area contributed by atoms with Crippen LogP contribution in [0.2, 0.25) is 5.02 Å². The van der Waals surface area contributed by atoms with Crippen molar-refractivity contribution in [2.45, 2.75) is 45.2 Å². The number of benzene rings is 2. The van der Waals surface area contributed by atoms with Crippen molar-refractivity contribution in [1.82, 2.24) is 14.7 Å².